The van der Waals surface area contributed by atoms with Gasteiger partial charge in [0.15, 0.2) is 0 Å². The lowest BCUT2D eigenvalue weighted by Gasteiger charge is -2.18. The minimum Gasteiger partial charge on any atom is -0.478 e. The second-order valence-electron chi connectivity index (χ2n) is 5.53. The topological polar surface area (TPSA) is 86.7 Å². The number of amides is 2. The first-order valence-corrected chi connectivity index (χ1v) is 8.21. The highest BCUT2D eigenvalue weighted by molar-refractivity contribution is 6.53. The third-order valence-electron chi connectivity index (χ3n) is 3.89. The van der Waals surface area contributed by atoms with Gasteiger partial charge in [-0.05, 0) is 42.8 Å². The SMILES string of the molecule is Cc1c(Cl)cccc1N1C(=O)C(Cl)=C(Nc2cccc(C(=O)O)c2)C1=O. The van der Waals surface area contributed by atoms with Crippen molar-refractivity contribution in [3.05, 3.63) is 69.3 Å². The number of carbonyl (C=O) groups excluding carboxylic acids is 2. The van der Waals surface area contributed by atoms with E-state index in [1.54, 1.807) is 31.2 Å². The van der Waals surface area contributed by atoms with E-state index in [9.17, 15) is 14.4 Å². The molecule has 1 aliphatic rings. The fourth-order valence-electron chi connectivity index (χ4n) is 2.54. The number of rotatable bonds is 4. The van der Waals surface area contributed by atoms with Gasteiger partial charge in [0.25, 0.3) is 11.8 Å². The Bertz CT molecular complexity index is 985. The average Bonchev–Trinajstić information content (AvgIpc) is 2.81. The number of carbonyl (C=O) groups is 3. The summed E-state index contributed by atoms with van der Waals surface area (Å²) in [4.78, 5) is 37.3. The van der Waals surface area contributed by atoms with Gasteiger partial charge in [-0.25, -0.2) is 9.69 Å². The van der Waals surface area contributed by atoms with Crippen molar-refractivity contribution in [1.82, 2.24) is 0 Å². The molecule has 1 heterocycles. The third kappa shape index (κ3) is 3.05. The molecule has 1 aliphatic heterocycles. The molecule has 2 aromatic carbocycles. The molecule has 2 N–H and O–H groups in total. The number of hydrogen-bond acceptors (Lipinski definition) is 4. The van der Waals surface area contributed by atoms with E-state index in [0.29, 0.717) is 22.0 Å². The first kappa shape index (κ1) is 18.0. The van der Waals surface area contributed by atoms with Gasteiger partial charge in [0.2, 0.25) is 0 Å². The van der Waals surface area contributed by atoms with Crippen molar-refractivity contribution >= 4 is 52.4 Å². The van der Waals surface area contributed by atoms with Crippen LogP contribution in [0.2, 0.25) is 5.02 Å². The van der Waals surface area contributed by atoms with Crippen molar-refractivity contribution in [3.8, 4) is 0 Å². The van der Waals surface area contributed by atoms with Crippen LogP contribution in [0.1, 0.15) is 15.9 Å². The second kappa shape index (κ2) is 6.82. The number of nitrogens with one attached hydrogen (secondary N) is 1. The fourth-order valence-corrected chi connectivity index (χ4v) is 2.92. The lowest BCUT2D eigenvalue weighted by molar-refractivity contribution is -0.120. The van der Waals surface area contributed by atoms with Gasteiger partial charge in [0.1, 0.15) is 10.7 Å². The first-order chi connectivity index (χ1) is 12.3. The lowest BCUT2D eigenvalue weighted by Crippen LogP contribution is -2.32. The van der Waals surface area contributed by atoms with Crippen molar-refractivity contribution in [2.45, 2.75) is 6.92 Å². The van der Waals surface area contributed by atoms with Crippen LogP contribution < -0.4 is 10.2 Å². The Hall–Kier alpha value is -2.83. The normalized spacial score (nSPS) is 14.2. The van der Waals surface area contributed by atoms with E-state index < -0.39 is 17.8 Å². The minimum absolute atomic E-state index is 0.0334. The summed E-state index contributed by atoms with van der Waals surface area (Å²) in [6, 6.07) is 10.7. The van der Waals surface area contributed by atoms with E-state index in [2.05, 4.69) is 5.32 Å². The highest BCUT2D eigenvalue weighted by Gasteiger charge is 2.39. The number of benzene rings is 2. The number of halogens is 2. The Morgan fingerprint density at radius 2 is 1.77 bits per heavy atom. The highest BCUT2D eigenvalue weighted by Crippen LogP contribution is 2.34. The summed E-state index contributed by atoms with van der Waals surface area (Å²) >= 11 is 12.1. The number of aromatic carboxylic acids is 1. The molecule has 0 aromatic heterocycles. The van der Waals surface area contributed by atoms with Crippen LogP contribution in [0.3, 0.4) is 0 Å². The van der Waals surface area contributed by atoms with Crippen LogP contribution in [0, 0.1) is 6.92 Å². The van der Waals surface area contributed by atoms with Crippen LogP contribution >= 0.6 is 23.2 Å². The maximum absolute atomic E-state index is 12.8. The zero-order valence-electron chi connectivity index (χ0n) is 13.4. The molecule has 132 valence electrons. The summed E-state index contributed by atoms with van der Waals surface area (Å²) in [7, 11) is 0. The summed E-state index contributed by atoms with van der Waals surface area (Å²) in [5.41, 5.74) is 1.13. The Kier molecular flexibility index (Phi) is 4.71. The largest absolute Gasteiger partial charge is 0.478 e. The number of imide groups is 1. The van der Waals surface area contributed by atoms with Gasteiger partial charge in [-0.3, -0.25) is 9.59 Å². The molecular formula is C18H12Cl2N2O4. The molecule has 0 aliphatic carbocycles. The van der Waals surface area contributed by atoms with Gasteiger partial charge in [-0.15, -0.1) is 0 Å². The van der Waals surface area contributed by atoms with E-state index in [-0.39, 0.29) is 16.3 Å². The molecule has 26 heavy (non-hydrogen) atoms. The predicted molar refractivity (Wildman–Crippen MR) is 98.6 cm³/mol. The van der Waals surface area contributed by atoms with Crippen LogP contribution in [0.15, 0.2) is 53.2 Å². The van der Waals surface area contributed by atoms with Gasteiger partial charge in [0, 0.05) is 10.7 Å². The molecule has 6 nitrogen and oxygen atoms in total. The molecule has 0 fully saturated rings. The van der Waals surface area contributed by atoms with E-state index in [1.165, 1.54) is 18.2 Å². The predicted octanol–water partition coefficient (Wildman–Crippen LogP) is 3.78. The molecule has 3 rings (SSSR count). The van der Waals surface area contributed by atoms with E-state index in [4.69, 9.17) is 28.3 Å². The van der Waals surface area contributed by atoms with Gasteiger partial charge in [0.05, 0.1) is 11.3 Å². The monoisotopic (exact) mass is 390 g/mol. The Balaban J connectivity index is 1.96. The summed E-state index contributed by atoms with van der Waals surface area (Å²) in [5, 5.41) is 11.9. The molecule has 0 unspecified atom stereocenters. The van der Waals surface area contributed by atoms with Crippen molar-refractivity contribution in [3.63, 3.8) is 0 Å². The highest BCUT2D eigenvalue weighted by atomic mass is 35.5. The fraction of sp³-hybridized carbons (Fsp3) is 0.0556. The van der Waals surface area contributed by atoms with Crippen LogP contribution in [-0.4, -0.2) is 22.9 Å². The van der Waals surface area contributed by atoms with Crippen LogP contribution in [0.4, 0.5) is 11.4 Å². The van der Waals surface area contributed by atoms with Crippen LogP contribution in [0.5, 0.6) is 0 Å². The van der Waals surface area contributed by atoms with Gasteiger partial charge in [-0.1, -0.05) is 35.3 Å². The van der Waals surface area contributed by atoms with Gasteiger partial charge >= 0.3 is 5.97 Å². The summed E-state index contributed by atoms with van der Waals surface area (Å²) in [6.45, 7) is 1.69. The van der Waals surface area contributed by atoms with E-state index >= 15 is 0 Å². The third-order valence-corrected chi connectivity index (χ3v) is 4.65. The molecule has 8 heteroatoms. The maximum Gasteiger partial charge on any atom is 0.335 e. The van der Waals surface area contributed by atoms with Crippen molar-refractivity contribution in [2.24, 2.45) is 0 Å². The van der Waals surface area contributed by atoms with Crippen LogP contribution in [0.25, 0.3) is 0 Å². The van der Waals surface area contributed by atoms with Crippen LogP contribution in [-0.2, 0) is 9.59 Å². The molecule has 2 amide bonds. The summed E-state index contributed by atoms with van der Waals surface area (Å²) in [6.07, 6.45) is 0. The summed E-state index contributed by atoms with van der Waals surface area (Å²) in [5.74, 6) is -2.44. The summed E-state index contributed by atoms with van der Waals surface area (Å²) < 4.78 is 0. The zero-order valence-corrected chi connectivity index (χ0v) is 14.9. The zero-order chi connectivity index (χ0) is 19.0. The Morgan fingerprint density at radius 3 is 2.46 bits per heavy atom. The Labute approximate surface area is 158 Å². The molecule has 0 atom stereocenters. The number of hydrogen-bond donors (Lipinski definition) is 2. The second-order valence-corrected chi connectivity index (χ2v) is 6.31. The standard InChI is InChI=1S/C18H12Cl2N2O4/c1-9-12(19)6-3-7-13(9)22-16(23)14(20)15(17(22)24)21-11-5-2-4-10(8-11)18(25)26/h2-8,21H,1H3,(H,25,26). The number of carboxylic acids is 1. The molecular weight excluding hydrogens is 379 g/mol. The van der Waals surface area contributed by atoms with Gasteiger partial charge in [-0.2, -0.15) is 0 Å². The molecule has 0 spiro atoms. The molecule has 0 bridgehead atoms. The molecule has 0 saturated heterocycles. The molecule has 0 radical (unpaired) electrons. The number of carboxylic acid groups (broad SMARTS) is 1. The minimum atomic E-state index is -1.11. The average molecular weight is 391 g/mol. The molecule has 0 saturated carbocycles. The van der Waals surface area contributed by atoms with E-state index in [0.717, 1.165) is 4.90 Å². The number of anilines is 2. The lowest BCUT2D eigenvalue weighted by atomic mass is 10.2. The van der Waals surface area contributed by atoms with Crippen molar-refractivity contribution in [1.29, 1.82) is 0 Å². The Morgan fingerprint density at radius 1 is 1.08 bits per heavy atom. The van der Waals surface area contributed by atoms with Crippen molar-refractivity contribution in [2.75, 3.05) is 10.2 Å². The quantitative estimate of drug-likeness (QED) is 0.775. The smallest absolute Gasteiger partial charge is 0.335 e. The molecule has 2 aromatic rings. The van der Waals surface area contributed by atoms with E-state index in [1.807, 2.05) is 0 Å². The first-order valence-electron chi connectivity index (χ1n) is 7.45. The maximum atomic E-state index is 12.8. The van der Waals surface area contributed by atoms with Crippen molar-refractivity contribution < 1.29 is 19.5 Å². The number of nitrogens with zero attached hydrogens (tertiary/aromatic N) is 1. The van der Waals surface area contributed by atoms with Gasteiger partial charge < -0.3 is 10.4 Å².